The third-order valence-electron chi connectivity index (χ3n) is 4.40. The highest BCUT2D eigenvalue weighted by atomic mass is 19.1. The average molecular weight is 364 g/mol. The van der Waals surface area contributed by atoms with Crippen molar-refractivity contribution < 1.29 is 14.0 Å². The lowest BCUT2D eigenvalue weighted by atomic mass is 10.0. The molecular formula is C22H21FN2O2. The number of hydrogen-bond acceptors (Lipinski definition) is 2. The van der Waals surface area contributed by atoms with Crippen LogP contribution in [-0.4, -0.2) is 17.9 Å². The predicted octanol–water partition coefficient (Wildman–Crippen LogP) is 4.37. The lowest BCUT2D eigenvalue weighted by molar-refractivity contribution is -0.118. The van der Waals surface area contributed by atoms with Gasteiger partial charge in [0.1, 0.15) is 11.9 Å². The van der Waals surface area contributed by atoms with Gasteiger partial charge in [-0.3, -0.25) is 9.59 Å². The molecule has 138 valence electrons. The van der Waals surface area contributed by atoms with E-state index in [2.05, 4.69) is 10.6 Å². The van der Waals surface area contributed by atoms with Crippen LogP contribution >= 0.6 is 0 Å². The number of carbonyl (C=O) groups is 2. The van der Waals surface area contributed by atoms with Crippen molar-refractivity contribution in [1.82, 2.24) is 5.32 Å². The number of nitrogens with one attached hydrogen (secondary N) is 2. The number of carbonyl (C=O) groups excluding carboxylic acids is 2. The van der Waals surface area contributed by atoms with Crippen LogP contribution in [0.2, 0.25) is 0 Å². The van der Waals surface area contributed by atoms with Crippen molar-refractivity contribution in [3.8, 4) is 0 Å². The summed E-state index contributed by atoms with van der Waals surface area (Å²) < 4.78 is 13.9. The molecular weight excluding hydrogens is 343 g/mol. The number of anilines is 1. The molecule has 27 heavy (non-hydrogen) atoms. The first-order chi connectivity index (χ1) is 13.0. The van der Waals surface area contributed by atoms with E-state index in [4.69, 9.17) is 0 Å². The van der Waals surface area contributed by atoms with Gasteiger partial charge in [0.15, 0.2) is 0 Å². The second kappa shape index (κ2) is 7.99. The number of hydrogen-bond donors (Lipinski definition) is 2. The normalized spacial score (nSPS) is 12.0. The maximum atomic E-state index is 13.9. The number of benzene rings is 3. The molecule has 3 rings (SSSR count). The van der Waals surface area contributed by atoms with E-state index in [0.717, 1.165) is 10.8 Å². The zero-order chi connectivity index (χ0) is 19.4. The first kappa shape index (κ1) is 18.6. The van der Waals surface area contributed by atoms with E-state index in [-0.39, 0.29) is 17.4 Å². The van der Waals surface area contributed by atoms with Crippen molar-refractivity contribution in [3.05, 3.63) is 78.1 Å². The molecule has 0 aromatic heterocycles. The molecule has 0 saturated heterocycles. The zero-order valence-corrected chi connectivity index (χ0v) is 15.2. The molecule has 0 fully saturated rings. The summed E-state index contributed by atoms with van der Waals surface area (Å²) in [6.45, 7) is 3.66. The summed E-state index contributed by atoms with van der Waals surface area (Å²) in [5, 5.41) is 7.46. The zero-order valence-electron chi connectivity index (χ0n) is 15.2. The molecule has 0 aliphatic rings. The standard InChI is InChI=1S/C22H21FN2O2/c1-14(2)20(25-21(26)17-11-5-6-12-18(17)23)22(27)24-19-13-7-9-15-8-3-4-10-16(15)19/h3-14,20H,1-2H3,(H,24,27)(H,25,26)/t20-/m0/s1. The van der Waals surface area contributed by atoms with Crippen LogP contribution in [0.5, 0.6) is 0 Å². The van der Waals surface area contributed by atoms with E-state index in [0.29, 0.717) is 5.69 Å². The Bertz CT molecular complexity index is 979. The van der Waals surface area contributed by atoms with Gasteiger partial charge < -0.3 is 10.6 Å². The van der Waals surface area contributed by atoms with Crippen molar-refractivity contribution in [2.24, 2.45) is 5.92 Å². The Morgan fingerprint density at radius 1 is 0.889 bits per heavy atom. The average Bonchev–Trinajstić information content (AvgIpc) is 2.66. The number of halogens is 1. The Morgan fingerprint density at radius 3 is 2.30 bits per heavy atom. The van der Waals surface area contributed by atoms with Crippen molar-refractivity contribution in [3.63, 3.8) is 0 Å². The Balaban J connectivity index is 1.81. The molecule has 2 N–H and O–H groups in total. The fourth-order valence-corrected chi connectivity index (χ4v) is 2.94. The molecule has 0 aliphatic carbocycles. The second-order valence-corrected chi connectivity index (χ2v) is 6.69. The van der Waals surface area contributed by atoms with Crippen molar-refractivity contribution in [2.75, 3.05) is 5.32 Å². The van der Waals surface area contributed by atoms with Gasteiger partial charge in [-0.15, -0.1) is 0 Å². The third kappa shape index (κ3) is 4.14. The van der Waals surface area contributed by atoms with Gasteiger partial charge in [0.05, 0.1) is 5.56 Å². The molecule has 1 atom stereocenters. The van der Waals surface area contributed by atoms with E-state index in [1.165, 1.54) is 18.2 Å². The Morgan fingerprint density at radius 2 is 1.56 bits per heavy atom. The molecule has 0 radical (unpaired) electrons. The lowest BCUT2D eigenvalue weighted by Gasteiger charge is -2.22. The van der Waals surface area contributed by atoms with Crippen LogP contribution in [0.25, 0.3) is 10.8 Å². The number of rotatable bonds is 5. The predicted molar refractivity (Wildman–Crippen MR) is 105 cm³/mol. The van der Waals surface area contributed by atoms with E-state index >= 15 is 0 Å². The molecule has 0 spiro atoms. The van der Waals surface area contributed by atoms with Gasteiger partial charge in [-0.25, -0.2) is 4.39 Å². The van der Waals surface area contributed by atoms with Crippen LogP contribution in [0.4, 0.5) is 10.1 Å². The molecule has 4 nitrogen and oxygen atoms in total. The fourth-order valence-electron chi connectivity index (χ4n) is 2.94. The van der Waals surface area contributed by atoms with E-state index < -0.39 is 17.8 Å². The minimum atomic E-state index is -0.795. The first-order valence-corrected chi connectivity index (χ1v) is 8.81. The molecule has 0 aliphatic heterocycles. The van der Waals surface area contributed by atoms with Gasteiger partial charge in [-0.2, -0.15) is 0 Å². The van der Waals surface area contributed by atoms with Crippen LogP contribution in [0, 0.1) is 11.7 Å². The van der Waals surface area contributed by atoms with Gasteiger partial charge in [0.2, 0.25) is 5.91 Å². The highest BCUT2D eigenvalue weighted by molar-refractivity contribution is 6.06. The SMILES string of the molecule is CC(C)[C@H](NC(=O)c1ccccc1F)C(=O)Nc1cccc2ccccc12. The summed E-state index contributed by atoms with van der Waals surface area (Å²) in [6, 6.07) is 18.3. The van der Waals surface area contributed by atoms with Gasteiger partial charge in [-0.1, -0.05) is 62.4 Å². The van der Waals surface area contributed by atoms with Gasteiger partial charge in [0.25, 0.3) is 5.91 Å². The minimum absolute atomic E-state index is 0.0823. The fraction of sp³-hybridized carbons (Fsp3) is 0.182. The lowest BCUT2D eigenvalue weighted by Crippen LogP contribution is -2.47. The molecule has 3 aromatic carbocycles. The summed E-state index contributed by atoms with van der Waals surface area (Å²) in [6.07, 6.45) is 0. The Hall–Kier alpha value is -3.21. The molecule has 0 saturated carbocycles. The van der Waals surface area contributed by atoms with Crippen LogP contribution in [-0.2, 0) is 4.79 Å². The Kier molecular flexibility index (Phi) is 5.50. The van der Waals surface area contributed by atoms with E-state index in [9.17, 15) is 14.0 Å². The third-order valence-corrected chi connectivity index (χ3v) is 4.40. The van der Waals surface area contributed by atoms with E-state index in [1.807, 2.05) is 56.3 Å². The molecule has 2 amide bonds. The number of fused-ring (bicyclic) bond motifs is 1. The topological polar surface area (TPSA) is 58.2 Å². The van der Waals surface area contributed by atoms with Crippen LogP contribution < -0.4 is 10.6 Å². The minimum Gasteiger partial charge on any atom is -0.340 e. The quantitative estimate of drug-likeness (QED) is 0.706. The molecule has 0 unspecified atom stereocenters. The monoisotopic (exact) mass is 364 g/mol. The maximum Gasteiger partial charge on any atom is 0.254 e. The first-order valence-electron chi connectivity index (χ1n) is 8.81. The highest BCUT2D eigenvalue weighted by Gasteiger charge is 2.26. The maximum absolute atomic E-state index is 13.9. The Labute approximate surface area is 157 Å². The second-order valence-electron chi connectivity index (χ2n) is 6.69. The van der Waals surface area contributed by atoms with Gasteiger partial charge >= 0.3 is 0 Å². The largest absolute Gasteiger partial charge is 0.340 e. The van der Waals surface area contributed by atoms with Crippen LogP contribution in [0.1, 0.15) is 24.2 Å². The van der Waals surface area contributed by atoms with E-state index in [1.54, 1.807) is 6.07 Å². The number of amides is 2. The van der Waals surface area contributed by atoms with Crippen molar-refractivity contribution in [1.29, 1.82) is 0 Å². The molecule has 0 bridgehead atoms. The molecule has 0 heterocycles. The molecule has 5 heteroatoms. The van der Waals surface area contributed by atoms with Gasteiger partial charge in [-0.05, 0) is 29.5 Å². The summed E-state index contributed by atoms with van der Waals surface area (Å²) in [4.78, 5) is 25.2. The van der Waals surface area contributed by atoms with Crippen LogP contribution in [0.3, 0.4) is 0 Å². The highest BCUT2D eigenvalue weighted by Crippen LogP contribution is 2.23. The molecule has 3 aromatic rings. The van der Waals surface area contributed by atoms with Crippen LogP contribution in [0.15, 0.2) is 66.7 Å². The summed E-state index contributed by atoms with van der Waals surface area (Å²) in [5.74, 6) is -1.74. The van der Waals surface area contributed by atoms with Gasteiger partial charge in [0, 0.05) is 11.1 Å². The van der Waals surface area contributed by atoms with Crippen molar-refractivity contribution >= 4 is 28.3 Å². The summed E-state index contributed by atoms with van der Waals surface area (Å²) >= 11 is 0. The smallest absolute Gasteiger partial charge is 0.254 e. The summed E-state index contributed by atoms with van der Waals surface area (Å²) in [7, 11) is 0. The summed E-state index contributed by atoms with van der Waals surface area (Å²) in [5.41, 5.74) is 0.588. The van der Waals surface area contributed by atoms with Crippen molar-refractivity contribution in [2.45, 2.75) is 19.9 Å².